The molecule has 3 aromatic rings. The fourth-order valence-electron chi connectivity index (χ4n) is 2.38. The van der Waals surface area contributed by atoms with Crippen LogP contribution in [0.15, 0.2) is 66.9 Å². The quantitative estimate of drug-likeness (QED) is 0.653. The van der Waals surface area contributed by atoms with Gasteiger partial charge in [-0.3, -0.25) is 0 Å². The van der Waals surface area contributed by atoms with Gasteiger partial charge >= 0.3 is 0 Å². The summed E-state index contributed by atoms with van der Waals surface area (Å²) < 4.78 is 11.3. The minimum atomic E-state index is 0.435. The van der Waals surface area contributed by atoms with Gasteiger partial charge in [-0.1, -0.05) is 29.8 Å². The van der Waals surface area contributed by atoms with Gasteiger partial charge in [-0.15, -0.1) is 0 Å². The number of aromatic nitrogens is 1. The van der Waals surface area contributed by atoms with E-state index in [-0.39, 0.29) is 0 Å². The van der Waals surface area contributed by atoms with Gasteiger partial charge in [0.15, 0.2) is 0 Å². The van der Waals surface area contributed by atoms with Crippen molar-refractivity contribution in [2.75, 3.05) is 12.4 Å². The molecule has 0 amide bonds. The van der Waals surface area contributed by atoms with Crippen LogP contribution in [-0.2, 0) is 13.2 Å². The minimum absolute atomic E-state index is 0.435. The number of hydrogen-bond acceptors (Lipinski definition) is 4. The van der Waals surface area contributed by atoms with Crippen molar-refractivity contribution < 1.29 is 9.47 Å². The van der Waals surface area contributed by atoms with Gasteiger partial charge in [0, 0.05) is 29.4 Å². The van der Waals surface area contributed by atoms with Crippen LogP contribution in [0.25, 0.3) is 0 Å². The Labute approximate surface area is 152 Å². The Morgan fingerprint density at radius 1 is 1.04 bits per heavy atom. The molecular formula is C20H19ClN2O2. The van der Waals surface area contributed by atoms with Gasteiger partial charge in [0.1, 0.15) is 23.9 Å². The number of rotatable bonds is 7. The summed E-state index contributed by atoms with van der Waals surface area (Å²) in [5, 5.41) is 3.99. The van der Waals surface area contributed by atoms with E-state index in [0.717, 1.165) is 28.4 Å². The molecular weight excluding hydrogens is 336 g/mol. The first-order chi connectivity index (χ1) is 12.2. The molecule has 0 unspecified atom stereocenters. The summed E-state index contributed by atoms with van der Waals surface area (Å²) in [5.74, 6) is 2.34. The average Bonchev–Trinajstić information content (AvgIpc) is 2.66. The van der Waals surface area contributed by atoms with Crippen molar-refractivity contribution in [3.63, 3.8) is 0 Å². The average molecular weight is 355 g/mol. The maximum Gasteiger partial charge on any atom is 0.128 e. The van der Waals surface area contributed by atoms with Gasteiger partial charge < -0.3 is 14.8 Å². The predicted molar refractivity (Wildman–Crippen MR) is 100 cm³/mol. The summed E-state index contributed by atoms with van der Waals surface area (Å²) in [6.07, 6.45) is 1.76. The van der Waals surface area contributed by atoms with E-state index in [1.54, 1.807) is 13.3 Å². The van der Waals surface area contributed by atoms with Crippen LogP contribution in [0.4, 0.5) is 5.82 Å². The summed E-state index contributed by atoms with van der Waals surface area (Å²) in [6, 6.07) is 19.2. The standard InChI is InChI=1S/C20H19ClN2O2/c1-24-18-9-8-16(13-23-20-7-2-3-10-22-20)19(12-18)25-14-15-5-4-6-17(21)11-15/h2-12H,13-14H2,1H3,(H,22,23). The molecule has 0 fully saturated rings. The van der Waals surface area contributed by atoms with Crippen LogP contribution in [0.2, 0.25) is 5.02 Å². The molecule has 5 heteroatoms. The van der Waals surface area contributed by atoms with Crippen LogP contribution in [0.5, 0.6) is 11.5 Å². The number of anilines is 1. The third kappa shape index (κ3) is 4.88. The molecule has 0 aliphatic rings. The van der Waals surface area contributed by atoms with Crippen LogP contribution >= 0.6 is 11.6 Å². The Bertz CT molecular complexity index is 825. The fourth-order valence-corrected chi connectivity index (χ4v) is 2.60. The number of nitrogens with one attached hydrogen (secondary N) is 1. The first-order valence-electron chi connectivity index (χ1n) is 7.93. The second-order valence-electron chi connectivity index (χ2n) is 5.46. The summed E-state index contributed by atoms with van der Waals surface area (Å²) in [4.78, 5) is 4.27. The monoisotopic (exact) mass is 354 g/mol. The number of nitrogens with zero attached hydrogens (tertiary/aromatic N) is 1. The molecule has 0 bridgehead atoms. The summed E-state index contributed by atoms with van der Waals surface area (Å²) in [7, 11) is 1.64. The first kappa shape index (κ1) is 17.1. The van der Waals surface area contributed by atoms with Gasteiger partial charge in [0.25, 0.3) is 0 Å². The van der Waals surface area contributed by atoms with Gasteiger partial charge in [0.2, 0.25) is 0 Å². The van der Waals surface area contributed by atoms with E-state index in [4.69, 9.17) is 21.1 Å². The Hall–Kier alpha value is -2.72. The van der Waals surface area contributed by atoms with Crippen molar-refractivity contribution in [1.82, 2.24) is 4.98 Å². The van der Waals surface area contributed by atoms with Crippen LogP contribution in [0.1, 0.15) is 11.1 Å². The second-order valence-corrected chi connectivity index (χ2v) is 5.90. The maximum absolute atomic E-state index is 6.03. The zero-order valence-corrected chi connectivity index (χ0v) is 14.7. The van der Waals surface area contributed by atoms with Crippen molar-refractivity contribution in [2.24, 2.45) is 0 Å². The van der Waals surface area contributed by atoms with E-state index < -0.39 is 0 Å². The molecule has 25 heavy (non-hydrogen) atoms. The molecule has 128 valence electrons. The van der Waals surface area contributed by atoms with Crippen LogP contribution in [0, 0.1) is 0 Å². The fraction of sp³-hybridized carbons (Fsp3) is 0.150. The van der Waals surface area contributed by atoms with E-state index in [2.05, 4.69) is 10.3 Å². The SMILES string of the molecule is COc1ccc(CNc2ccccn2)c(OCc2cccc(Cl)c2)c1. The molecule has 0 radical (unpaired) electrons. The molecule has 3 rings (SSSR count). The molecule has 0 aliphatic carbocycles. The second kappa shape index (κ2) is 8.40. The third-order valence-corrected chi connectivity index (χ3v) is 3.92. The van der Waals surface area contributed by atoms with Gasteiger partial charge in [-0.2, -0.15) is 0 Å². The highest BCUT2D eigenvalue weighted by molar-refractivity contribution is 6.30. The number of methoxy groups -OCH3 is 1. The van der Waals surface area contributed by atoms with E-state index in [9.17, 15) is 0 Å². The van der Waals surface area contributed by atoms with E-state index >= 15 is 0 Å². The zero-order valence-electron chi connectivity index (χ0n) is 13.9. The molecule has 1 N–H and O–H groups in total. The van der Waals surface area contributed by atoms with Crippen molar-refractivity contribution in [3.8, 4) is 11.5 Å². The van der Waals surface area contributed by atoms with E-state index in [0.29, 0.717) is 18.2 Å². The number of ether oxygens (including phenoxy) is 2. The van der Waals surface area contributed by atoms with Crippen molar-refractivity contribution in [2.45, 2.75) is 13.2 Å². The van der Waals surface area contributed by atoms with Crippen LogP contribution < -0.4 is 14.8 Å². The predicted octanol–water partition coefficient (Wildman–Crippen LogP) is 4.93. The maximum atomic E-state index is 6.03. The largest absolute Gasteiger partial charge is 0.497 e. The third-order valence-electron chi connectivity index (χ3n) is 3.68. The topological polar surface area (TPSA) is 43.4 Å². The summed E-state index contributed by atoms with van der Waals surface area (Å²) >= 11 is 6.03. The number of benzene rings is 2. The molecule has 0 saturated carbocycles. The molecule has 0 atom stereocenters. The smallest absolute Gasteiger partial charge is 0.128 e. The van der Waals surface area contributed by atoms with Crippen molar-refractivity contribution >= 4 is 17.4 Å². The number of hydrogen-bond donors (Lipinski definition) is 1. The normalized spacial score (nSPS) is 10.3. The molecule has 0 spiro atoms. The van der Waals surface area contributed by atoms with Crippen molar-refractivity contribution in [3.05, 3.63) is 83.0 Å². The van der Waals surface area contributed by atoms with Crippen LogP contribution in [-0.4, -0.2) is 12.1 Å². The molecule has 4 nitrogen and oxygen atoms in total. The van der Waals surface area contributed by atoms with E-state index in [1.807, 2.05) is 60.7 Å². The van der Waals surface area contributed by atoms with Gasteiger partial charge in [0.05, 0.1) is 7.11 Å². The minimum Gasteiger partial charge on any atom is -0.497 e. The molecule has 0 aliphatic heterocycles. The Balaban J connectivity index is 1.73. The summed E-state index contributed by atoms with van der Waals surface area (Å²) in [6.45, 7) is 1.04. The molecule has 1 heterocycles. The number of pyridine rings is 1. The summed E-state index contributed by atoms with van der Waals surface area (Å²) in [5.41, 5.74) is 2.03. The lowest BCUT2D eigenvalue weighted by Gasteiger charge is -2.14. The lowest BCUT2D eigenvalue weighted by molar-refractivity contribution is 0.300. The highest BCUT2D eigenvalue weighted by Crippen LogP contribution is 2.26. The highest BCUT2D eigenvalue weighted by atomic mass is 35.5. The Morgan fingerprint density at radius 3 is 2.72 bits per heavy atom. The van der Waals surface area contributed by atoms with Gasteiger partial charge in [-0.25, -0.2) is 4.98 Å². The van der Waals surface area contributed by atoms with Crippen LogP contribution in [0.3, 0.4) is 0 Å². The first-order valence-corrected chi connectivity index (χ1v) is 8.31. The highest BCUT2D eigenvalue weighted by Gasteiger charge is 2.07. The Kier molecular flexibility index (Phi) is 5.75. The lowest BCUT2D eigenvalue weighted by atomic mass is 10.2. The van der Waals surface area contributed by atoms with Crippen molar-refractivity contribution in [1.29, 1.82) is 0 Å². The van der Waals surface area contributed by atoms with E-state index in [1.165, 1.54) is 0 Å². The zero-order chi connectivity index (χ0) is 17.5. The molecule has 1 aromatic heterocycles. The molecule has 2 aromatic carbocycles. The number of halogens is 1. The lowest BCUT2D eigenvalue weighted by Crippen LogP contribution is -2.05. The Morgan fingerprint density at radius 2 is 1.96 bits per heavy atom. The molecule has 0 saturated heterocycles. The van der Waals surface area contributed by atoms with Gasteiger partial charge in [-0.05, 0) is 42.0 Å².